The lowest BCUT2D eigenvalue weighted by Crippen LogP contribution is -2.07. The third-order valence-corrected chi connectivity index (χ3v) is 1.46. The zero-order valence-electron chi connectivity index (χ0n) is 7.54. The Morgan fingerprint density at radius 1 is 1.54 bits per heavy atom. The van der Waals surface area contributed by atoms with Gasteiger partial charge in [0.2, 0.25) is 5.91 Å². The number of benzene rings is 1. The van der Waals surface area contributed by atoms with Crippen LogP contribution in [0.3, 0.4) is 0 Å². The molecule has 0 unspecified atom stereocenters. The van der Waals surface area contributed by atoms with E-state index in [0.29, 0.717) is 18.0 Å². The fourth-order valence-electron chi connectivity index (χ4n) is 1.00. The van der Waals surface area contributed by atoms with Gasteiger partial charge in [-0.3, -0.25) is 4.79 Å². The number of amides is 1. The quantitative estimate of drug-likeness (QED) is 0.767. The highest BCUT2D eigenvalue weighted by Gasteiger charge is 2.02. The van der Waals surface area contributed by atoms with E-state index in [9.17, 15) is 4.79 Å². The maximum atomic E-state index is 10.7. The van der Waals surface area contributed by atoms with Crippen LogP contribution in [0.2, 0.25) is 0 Å². The molecule has 0 aliphatic rings. The Morgan fingerprint density at radius 2 is 2.23 bits per heavy atom. The summed E-state index contributed by atoms with van der Waals surface area (Å²) < 4.78 is 5.30. The molecule has 0 saturated carbocycles. The van der Waals surface area contributed by atoms with E-state index in [1.807, 2.05) is 19.1 Å². The lowest BCUT2D eigenvalue weighted by atomic mass is 10.3. The molecular weight excluding hydrogens is 166 g/mol. The highest BCUT2D eigenvalue weighted by molar-refractivity contribution is 5.95. The van der Waals surface area contributed by atoms with Crippen LogP contribution in [0.15, 0.2) is 24.3 Å². The summed E-state index contributed by atoms with van der Waals surface area (Å²) in [4.78, 5) is 10.7. The average molecular weight is 178 g/mol. The van der Waals surface area contributed by atoms with E-state index in [0.717, 1.165) is 0 Å². The summed E-state index contributed by atoms with van der Waals surface area (Å²) in [6.07, 6.45) is 0. The molecule has 1 amide bonds. The van der Waals surface area contributed by atoms with E-state index >= 15 is 0 Å². The Hall–Kier alpha value is -1.51. The predicted molar refractivity (Wildman–Crippen MR) is 51.6 cm³/mol. The van der Waals surface area contributed by atoms with Gasteiger partial charge >= 0.3 is 0 Å². The lowest BCUT2D eigenvalue weighted by molar-refractivity contribution is -0.112. The standard InChI is InChI=1S/C10H12NO2/c1-3-13-10-7-5-4-6-9(10)11-8(2)12/h4-7H,2-3H2,1H3,(H,11,12). The van der Waals surface area contributed by atoms with E-state index in [-0.39, 0.29) is 5.91 Å². The van der Waals surface area contributed by atoms with E-state index in [2.05, 4.69) is 12.2 Å². The van der Waals surface area contributed by atoms with E-state index < -0.39 is 0 Å². The Bertz CT molecular complexity index is 297. The van der Waals surface area contributed by atoms with Crippen molar-refractivity contribution in [1.29, 1.82) is 0 Å². The minimum atomic E-state index is -0.341. The van der Waals surface area contributed by atoms with Crippen molar-refractivity contribution in [3.63, 3.8) is 0 Å². The minimum Gasteiger partial charge on any atom is -0.492 e. The number of hydrogen-bond donors (Lipinski definition) is 1. The van der Waals surface area contributed by atoms with Gasteiger partial charge in [-0.25, -0.2) is 0 Å². The van der Waals surface area contributed by atoms with Crippen LogP contribution in [0.25, 0.3) is 0 Å². The Labute approximate surface area is 77.7 Å². The molecule has 0 bridgehead atoms. The molecule has 0 aromatic heterocycles. The van der Waals surface area contributed by atoms with Crippen molar-refractivity contribution in [2.24, 2.45) is 0 Å². The van der Waals surface area contributed by atoms with Crippen LogP contribution in [-0.2, 0) is 4.79 Å². The van der Waals surface area contributed by atoms with Gasteiger partial charge in [0.05, 0.1) is 12.3 Å². The largest absolute Gasteiger partial charge is 0.492 e. The first-order valence-electron chi connectivity index (χ1n) is 4.08. The van der Waals surface area contributed by atoms with Crippen molar-refractivity contribution >= 4 is 11.6 Å². The molecule has 3 nitrogen and oxygen atoms in total. The third kappa shape index (κ3) is 2.78. The monoisotopic (exact) mass is 178 g/mol. The van der Waals surface area contributed by atoms with E-state index in [4.69, 9.17) is 4.74 Å². The summed E-state index contributed by atoms with van der Waals surface area (Å²) in [6.45, 7) is 5.69. The predicted octanol–water partition coefficient (Wildman–Crippen LogP) is 1.86. The molecule has 0 atom stereocenters. The van der Waals surface area contributed by atoms with Gasteiger partial charge in [-0.2, -0.15) is 0 Å². The van der Waals surface area contributed by atoms with Crippen molar-refractivity contribution < 1.29 is 9.53 Å². The lowest BCUT2D eigenvalue weighted by Gasteiger charge is -2.09. The van der Waals surface area contributed by atoms with Crippen LogP contribution in [-0.4, -0.2) is 12.5 Å². The van der Waals surface area contributed by atoms with Gasteiger partial charge in [0.1, 0.15) is 5.75 Å². The maximum Gasteiger partial charge on any atom is 0.224 e. The van der Waals surface area contributed by atoms with Crippen molar-refractivity contribution in [2.75, 3.05) is 11.9 Å². The topological polar surface area (TPSA) is 38.3 Å². The van der Waals surface area contributed by atoms with Gasteiger partial charge < -0.3 is 10.1 Å². The van der Waals surface area contributed by atoms with E-state index in [1.165, 1.54) is 0 Å². The van der Waals surface area contributed by atoms with Gasteiger partial charge in [-0.15, -0.1) is 0 Å². The molecule has 1 rings (SSSR count). The van der Waals surface area contributed by atoms with Crippen molar-refractivity contribution in [3.05, 3.63) is 31.2 Å². The molecule has 0 aliphatic heterocycles. The number of carbonyl (C=O) groups excluding carboxylic acids is 1. The molecule has 69 valence electrons. The Kier molecular flexibility index (Phi) is 3.31. The van der Waals surface area contributed by atoms with Crippen molar-refractivity contribution in [2.45, 2.75) is 6.92 Å². The third-order valence-electron chi connectivity index (χ3n) is 1.46. The summed E-state index contributed by atoms with van der Waals surface area (Å²) in [5, 5.41) is 2.58. The fourth-order valence-corrected chi connectivity index (χ4v) is 1.00. The number of rotatable bonds is 3. The first-order chi connectivity index (χ1) is 6.24. The molecule has 0 fully saturated rings. The molecule has 0 heterocycles. The van der Waals surface area contributed by atoms with Crippen LogP contribution in [0.4, 0.5) is 5.69 Å². The zero-order valence-corrected chi connectivity index (χ0v) is 7.54. The second-order valence-corrected chi connectivity index (χ2v) is 2.48. The summed E-state index contributed by atoms with van der Waals surface area (Å²) in [7, 11) is 0. The van der Waals surface area contributed by atoms with Gasteiger partial charge in [0, 0.05) is 6.92 Å². The van der Waals surface area contributed by atoms with Crippen LogP contribution in [0.1, 0.15) is 6.92 Å². The van der Waals surface area contributed by atoms with Crippen LogP contribution < -0.4 is 10.1 Å². The number of anilines is 1. The van der Waals surface area contributed by atoms with Crippen molar-refractivity contribution in [1.82, 2.24) is 0 Å². The van der Waals surface area contributed by atoms with E-state index in [1.54, 1.807) is 12.1 Å². The highest BCUT2D eigenvalue weighted by Crippen LogP contribution is 2.23. The summed E-state index contributed by atoms with van der Waals surface area (Å²) in [5.41, 5.74) is 0.657. The normalized spacial score (nSPS) is 9.38. The van der Waals surface area contributed by atoms with Crippen LogP contribution in [0, 0.1) is 6.92 Å². The molecule has 3 heteroatoms. The fraction of sp³-hybridized carbons (Fsp3) is 0.200. The smallest absolute Gasteiger partial charge is 0.224 e. The molecule has 0 aliphatic carbocycles. The molecule has 0 saturated heterocycles. The molecule has 13 heavy (non-hydrogen) atoms. The second kappa shape index (κ2) is 4.50. The molecule has 1 N–H and O–H groups in total. The van der Waals surface area contributed by atoms with Gasteiger partial charge in [-0.05, 0) is 19.1 Å². The van der Waals surface area contributed by atoms with Crippen LogP contribution in [0.5, 0.6) is 5.75 Å². The van der Waals surface area contributed by atoms with Gasteiger partial charge in [0.25, 0.3) is 0 Å². The number of carbonyl (C=O) groups is 1. The zero-order chi connectivity index (χ0) is 9.68. The Balaban J connectivity index is 2.84. The number of ether oxygens (including phenoxy) is 1. The second-order valence-electron chi connectivity index (χ2n) is 2.48. The first kappa shape index (κ1) is 9.58. The first-order valence-corrected chi connectivity index (χ1v) is 4.08. The maximum absolute atomic E-state index is 10.7. The summed E-state index contributed by atoms with van der Waals surface area (Å²) in [6, 6.07) is 7.25. The minimum absolute atomic E-state index is 0.341. The molecular formula is C10H12NO2. The SMILES string of the molecule is [CH2]C(=O)Nc1ccccc1OCC. The summed E-state index contributed by atoms with van der Waals surface area (Å²) >= 11 is 0. The van der Waals surface area contributed by atoms with Crippen molar-refractivity contribution in [3.8, 4) is 5.75 Å². The highest BCUT2D eigenvalue weighted by atomic mass is 16.5. The number of nitrogens with one attached hydrogen (secondary N) is 1. The molecule has 1 aromatic carbocycles. The molecule has 0 spiro atoms. The summed E-state index contributed by atoms with van der Waals surface area (Å²) in [5.74, 6) is 0.328. The number of para-hydroxylation sites is 2. The van der Waals surface area contributed by atoms with Gasteiger partial charge in [-0.1, -0.05) is 12.1 Å². The average Bonchev–Trinajstić information content (AvgIpc) is 2.08. The molecule has 1 radical (unpaired) electrons. The van der Waals surface area contributed by atoms with Gasteiger partial charge in [0.15, 0.2) is 0 Å². The number of hydrogen-bond acceptors (Lipinski definition) is 2. The molecule has 1 aromatic rings. The Morgan fingerprint density at radius 3 is 2.85 bits per heavy atom. The van der Waals surface area contributed by atoms with Crippen LogP contribution >= 0.6 is 0 Å².